The Morgan fingerprint density at radius 3 is 2.55 bits per heavy atom. The van der Waals surface area contributed by atoms with Crippen molar-refractivity contribution >= 4 is 17.7 Å². The maximum absolute atomic E-state index is 12.2. The lowest BCUT2D eigenvalue weighted by Crippen LogP contribution is -2.47. The molecule has 0 aromatic heterocycles. The zero-order valence-corrected chi connectivity index (χ0v) is 12.0. The minimum Gasteiger partial charge on any atom is -0.481 e. The fraction of sp³-hybridized carbons (Fsp3) is 0.800. The molecule has 0 radical (unpaired) electrons. The Hall–Kier alpha value is -1.39. The summed E-state index contributed by atoms with van der Waals surface area (Å²) in [5.41, 5.74) is 0. The van der Waals surface area contributed by atoms with E-state index in [1.54, 1.807) is 6.92 Å². The van der Waals surface area contributed by atoms with E-state index in [9.17, 15) is 19.5 Å². The summed E-state index contributed by atoms with van der Waals surface area (Å²) in [6.45, 7) is 3.87. The molecule has 5 heteroatoms. The number of carboxylic acids is 1. The Kier molecular flexibility index (Phi) is 4.45. The van der Waals surface area contributed by atoms with Crippen molar-refractivity contribution in [2.45, 2.75) is 39.5 Å². The average molecular weight is 282 g/mol. The molecule has 0 heterocycles. The summed E-state index contributed by atoms with van der Waals surface area (Å²) >= 11 is 0. The third kappa shape index (κ3) is 2.45. The van der Waals surface area contributed by atoms with Gasteiger partial charge in [0.2, 0.25) is 0 Å². The first-order valence-corrected chi connectivity index (χ1v) is 7.43. The van der Waals surface area contributed by atoms with E-state index in [1.165, 1.54) is 0 Å². The van der Waals surface area contributed by atoms with Gasteiger partial charge in [0, 0.05) is 12.3 Å². The number of ketones is 1. The Balaban J connectivity index is 2.34. The highest BCUT2D eigenvalue weighted by atomic mass is 16.5. The third-order valence-electron chi connectivity index (χ3n) is 4.94. The standard InChI is InChI=1S/C15H22O5/c1-3-8-7-10-9(5-6-11(10)16)13(12(8)14(17)18)15(19)20-4-2/h8-10,12-13H,3-7H2,1-2H3,(H,17,18). The van der Waals surface area contributed by atoms with Gasteiger partial charge in [0.25, 0.3) is 0 Å². The number of Topliss-reactive ketones (excluding diaryl/α,β-unsaturated/α-hetero) is 1. The van der Waals surface area contributed by atoms with Gasteiger partial charge in [0.05, 0.1) is 18.4 Å². The number of esters is 1. The molecule has 0 bridgehead atoms. The van der Waals surface area contributed by atoms with Gasteiger partial charge in [-0.25, -0.2) is 0 Å². The van der Waals surface area contributed by atoms with Crippen molar-refractivity contribution in [1.82, 2.24) is 0 Å². The highest BCUT2D eigenvalue weighted by molar-refractivity contribution is 5.88. The summed E-state index contributed by atoms with van der Waals surface area (Å²) in [6.07, 6.45) is 2.36. The number of carbonyl (C=O) groups is 3. The van der Waals surface area contributed by atoms with Crippen LogP contribution < -0.4 is 0 Å². The third-order valence-corrected chi connectivity index (χ3v) is 4.94. The van der Waals surface area contributed by atoms with Crippen molar-refractivity contribution < 1.29 is 24.2 Å². The number of ether oxygens (including phenoxy) is 1. The highest BCUT2D eigenvalue weighted by Gasteiger charge is 2.54. The quantitative estimate of drug-likeness (QED) is 0.796. The van der Waals surface area contributed by atoms with E-state index < -0.39 is 23.8 Å². The van der Waals surface area contributed by atoms with Crippen LogP contribution in [0.4, 0.5) is 0 Å². The normalized spacial score (nSPS) is 36.5. The van der Waals surface area contributed by atoms with Crippen LogP contribution in [0, 0.1) is 29.6 Å². The molecule has 2 aliphatic rings. The van der Waals surface area contributed by atoms with Crippen LogP contribution in [-0.4, -0.2) is 29.4 Å². The van der Waals surface area contributed by atoms with Gasteiger partial charge >= 0.3 is 11.9 Å². The molecule has 2 aliphatic carbocycles. The van der Waals surface area contributed by atoms with Crippen LogP contribution in [0.5, 0.6) is 0 Å². The van der Waals surface area contributed by atoms with Crippen LogP contribution in [0.3, 0.4) is 0 Å². The second-order valence-corrected chi connectivity index (χ2v) is 5.82. The van der Waals surface area contributed by atoms with E-state index >= 15 is 0 Å². The first-order chi connectivity index (χ1) is 9.51. The smallest absolute Gasteiger partial charge is 0.310 e. The van der Waals surface area contributed by atoms with Crippen LogP contribution in [0.25, 0.3) is 0 Å². The summed E-state index contributed by atoms with van der Waals surface area (Å²) < 4.78 is 5.08. The average Bonchev–Trinajstić information content (AvgIpc) is 2.78. The molecule has 0 amide bonds. The molecule has 0 aliphatic heterocycles. The predicted molar refractivity (Wildman–Crippen MR) is 70.9 cm³/mol. The second-order valence-electron chi connectivity index (χ2n) is 5.82. The Labute approximate surface area is 118 Å². The summed E-state index contributed by atoms with van der Waals surface area (Å²) in [7, 11) is 0. The summed E-state index contributed by atoms with van der Waals surface area (Å²) in [4.78, 5) is 35.8. The lowest BCUT2D eigenvalue weighted by Gasteiger charge is -2.40. The van der Waals surface area contributed by atoms with E-state index in [0.717, 1.165) is 0 Å². The molecular weight excluding hydrogens is 260 g/mol. The molecule has 5 atom stereocenters. The van der Waals surface area contributed by atoms with Gasteiger partial charge in [-0.05, 0) is 31.6 Å². The van der Waals surface area contributed by atoms with Crippen molar-refractivity contribution in [1.29, 1.82) is 0 Å². The van der Waals surface area contributed by atoms with Crippen LogP contribution >= 0.6 is 0 Å². The number of carbonyl (C=O) groups excluding carboxylic acids is 2. The summed E-state index contributed by atoms with van der Waals surface area (Å²) in [5, 5.41) is 9.52. The van der Waals surface area contributed by atoms with E-state index in [1.807, 2.05) is 6.92 Å². The lowest BCUT2D eigenvalue weighted by atomic mass is 9.62. The molecular formula is C15H22O5. The number of hydrogen-bond acceptors (Lipinski definition) is 4. The molecule has 5 unspecified atom stereocenters. The highest BCUT2D eigenvalue weighted by Crippen LogP contribution is 2.50. The maximum atomic E-state index is 12.2. The van der Waals surface area contributed by atoms with Crippen molar-refractivity contribution in [3.63, 3.8) is 0 Å². The molecule has 0 aromatic carbocycles. The lowest BCUT2D eigenvalue weighted by molar-refractivity contribution is -0.167. The van der Waals surface area contributed by atoms with Gasteiger partial charge in [-0.15, -0.1) is 0 Å². The molecule has 2 saturated carbocycles. The number of hydrogen-bond donors (Lipinski definition) is 1. The predicted octanol–water partition coefficient (Wildman–Crippen LogP) is 1.89. The van der Waals surface area contributed by atoms with E-state index in [0.29, 0.717) is 25.7 Å². The molecule has 2 fully saturated rings. The maximum Gasteiger partial charge on any atom is 0.310 e. The molecule has 0 saturated heterocycles. The minimum atomic E-state index is -0.937. The van der Waals surface area contributed by atoms with Gasteiger partial charge in [-0.2, -0.15) is 0 Å². The van der Waals surface area contributed by atoms with Gasteiger partial charge < -0.3 is 9.84 Å². The van der Waals surface area contributed by atoms with Crippen LogP contribution in [0.15, 0.2) is 0 Å². The monoisotopic (exact) mass is 282 g/mol. The Morgan fingerprint density at radius 2 is 2.00 bits per heavy atom. The first-order valence-electron chi connectivity index (χ1n) is 7.43. The number of rotatable bonds is 4. The molecule has 0 aromatic rings. The second kappa shape index (κ2) is 5.94. The summed E-state index contributed by atoms with van der Waals surface area (Å²) in [5.74, 6) is -2.99. The minimum absolute atomic E-state index is 0.120. The van der Waals surface area contributed by atoms with Crippen LogP contribution in [0.2, 0.25) is 0 Å². The van der Waals surface area contributed by atoms with E-state index in [2.05, 4.69) is 0 Å². The molecule has 112 valence electrons. The van der Waals surface area contributed by atoms with E-state index in [4.69, 9.17) is 4.74 Å². The topological polar surface area (TPSA) is 80.7 Å². The SMILES string of the molecule is CCOC(=O)C1C2CCC(=O)C2CC(CC)C1C(=O)O. The number of carboxylic acid groups (broad SMARTS) is 1. The molecule has 2 rings (SSSR count). The fourth-order valence-electron chi connectivity index (χ4n) is 4.04. The molecule has 20 heavy (non-hydrogen) atoms. The Morgan fingerprint density at radius 1 is 1.30 bits per heavy atom. The van der Waals surface area contributed by atoms with E-state index in [-0.39, 0.29) is 30.1 Å². The fourth-order valence-corrected chi connectivity index (χ4v) is 4.04. The zero-order valence-electron chi connectivity index (χ0n) is 12.0. The first kappa shape index (κ1) is 15.0. The summed E-state index contributed by atoms with van der Waals surface area (Å²) in [6, 6.07) is 0. The van der Waals surface area contributed by atoms with Gasteiger partial charge in [0.15, 0.2) is 0 Å². The largest absolute Gasteiger partial charge is 0.481 e. The van der Waals surface area contributed by atoms with Crippen LogP contribution in [-0.2, 0) is 19.1 Å². The van der Waals surface area contributed by atoms with Crippen LogP contribution in [0.1, 0.15) is 39.5 Å². The van der Waals surface area contributed by atoms with Crippen molar-refractivity contribution in [3.05, 3.63) is 0 Å². The van der Waals surface area contributed by atoms with Gasteiger partial charge in [0.1, 0.15) is 5.78 Å². The van der Waals surface area contributed by atoms with Crippen molar-refractivity contribution in [2.75, 3.05) is 6.61 Å². The number of fused-ring (bicyclic) bond motifs is 1. The Bertz CT molecular complexity index is 416. The zero-order chi connectivity index (χ0) is 14.9. The van der Waals surface area contributed by atoms with Crippen molar-refractivity contribution in [3.8, 4) is 0 Å². The van der Waals surface area contributed by atoms with Crippen molar-refractivity contribution in [2.24, 2.45) is 29.6 Å². The molecule has 0 spiro atoms. The van der Waals surface area contributed by atoms with Gasteiger partial charge in [-0.1, -0.05) is 13.3 Å². The van der Waals surface area contributed by atoms with Gasteiger partial charge in [-0.3, -0.25) is 14.4 Å². The number of aliphatic carboxylic acids is 1. The molecule has 1 N–H and O–H groups in total. The molecule has 5 nitrogen and oxygen atoms in total.